The van der Waals surface area contributed by atoms with Gasteiger partial charge in [0.1, 0.15) is 16.1 Å². The van der Waals surface area contributed by atoms with Crippen LogP contribution in [0, 0.1) is 5.82 Å². The largest absolute Gasteiger partial charge is 0.295 e. The topological polar surface area (TPSA) is 17.3 Å². The van der Waals surface area contributed by atoms with Crippen LogP contribution in [0.25, 0.3) is 27.7 Å². The molecule has 0 unspecified atom stereocenters. The zero-order valence-electron chi connectivity index (χ0n) is 30.1. The molecule has 0 N–H and O–H groups in total. The molecule has 2 aromatic carbocycles. The van der Waals surface area contributed by atoms with E-state index in [1.807, 2.05) is 324 Å². The monoisotopic (exact) mass is 1840 g/mol. The van der Waals surface area contributed by atoms with Crippen LogP contribution >= 0.6 is 15.9 Å². The summed E-state index contributed by atoms with van der Waals surface area (Å²) in [6.45, 7) is 0. The Labute approximate surface area is 536 Å². The van der Waals surface area contributed by atoms with E-state index >= 15 is 0 Å². The SMILES string of the molecule is Fc1cn2c(-c3ccccc3)c(Br)nc2c2ccccc12.S=S=S=S=S=S=S=S=S=S=S=S=S=S=S=S=S=S=S=S=S=S=S=S=S=S=S=S=S=S=S=S=S=S=S=S=S=S=S=S=S=S=S=S=S=S=S. The molecular weight excluding hydrogens is 1840 g/mol. The standard InChI is InChI=1S/C17H10BrFN2.S47/c18-16-15(11-6-2-1-3-7-11)21-10-14(19)12-8-4-5-9-13(12)17(21)20-16;1-3-5-7-9-11-13-15-17-19-21-23-25-27-29-31-33-35-37-39-41-43-45-47-46-44-42-40-38-36-34-32-30-28-26-24-22-20-18-16-14-12-10-8-6-4-2/h1-10H;. The zero-order valence-corrected chi connectivity index (χ0v) is 70.1. The van der Waals surface area contributed by atoms with Crippen LogP contribution in [0.15, 0.2) is 65.4 Å². The molecule has 0 aliphatic carbocycles. The van der Waals surface area contributed by atoms with E-state index in [0.717, 1.165) is 22.3 Å². The Bertz CT molecular complexity index is 4480. The molecule has 384 valence electrons. The van der Waals surface area contributed by atoms with Crippen LogP contribution in [0.3, 0.4) is 0 Å². The van der Waals surface area contributed by atoms with E-state index in [9.17, 15) is 4.39 Å². The molecule has 2 heterocycles. The Kier molecular flexibility index (Phi) is 55.0. The predicted octanol–water partition coefficient (Wildman–Crippen LogP) is 4.94. The number of hydrogen-bond acceptors (Lipinski definition) is 3. The van der Waals surface area contributed by atoms with Crippen molar-refractivity contribution < 1.29 is 4.39 Å². The van der Waals surface area contributed by atoms with Crippen molar-refractivity contribution in [3.8, 4) is 11.3 Å². The van der Waals surface area contributed by atoms with Crippen LogP contribution in [0.1, 0.15) is 0 Å². The number of rotatable bonds is 1. The molecule has 0 radical (unpaired) electrons. The minimum Gasteiger partial charge on any atom is -0.295 e. The van der Waals surface area contributed by atoms with Crippen LogP contribution in [0.2, 0.25) is 0 Å². The minimum atomic E-state index is -0.250. The number of benzene rings is 2. The van der Waals surface area contributed by atoms with Crippen molar-refractivity contribution in [1.82, 2.24) is 9.38 Å². The van der Waals surface area contributed by atoms with E-state index in [0.29, 0.717) is 9.99 Å². The highest BCUT2D eigenvalue weighted by atomic mass is 79.9. The van der Waals surface area contributed by atoms with Crippen LogP contribution < -0.4 is 0 Å². The fourth-order valence-corrected chi connectivity index (χ4v) is 122. The third-order valence-electron chi connectivity index (χ3n) is 4.81. The summed E-state index contributed by atoms with van der Waals surface area (Å²) in [6, 6.07) is 17.2. The molecule has 0 saturated heterocycles. The lowest BCUT2D eigenvalue weighted by molar-refractivity contribution is 0.632. The molecule has 0 atom stereocenters. The molecule has 51 heteroatoms. The lowest BCUT2D eigenvalue weighted by Crippen LogP contribution is -1.92. The van der Waals surface area contributed by atoms with Crippen molar-refractivity contribution in [3.63, 3.8) is 0 Å². The van der Waals surface area contributed by atoms with Gasteiger partial charge in [0.2, 0.25) is 0 Å². The Morgan fingerprint density at radius 1 is 0.353 bits per heavy atom. The number of imidazole rings is 1. The number of hydrogen-bond donors (Lipinski definition) is 0. The first kappa shape index (κ1) is 70.4. The number of aromatic nitrogens is 2. The maximum Gasteiger partial charge on any atom is 0.147 e. The second-order valence-corrected chi connectivity index (χ2v) is 88.3. The quantitative estimate of drug-likeness (QED) is 0.269. The molecule has 2 nitrogen and oxygen atoms in total. The van der Waals surface area contributed by atoms with Gasteiger partial charge in [-0.2, -0.15) is 0 Å². The molecular formula is C17H10BrFN2S47. The van der Waals surface area contributed by atoms with Crippen molar-refractivity contribution >= 4 is 454 Å². The van der Waals surface area contributed by atoms with Gasteiger partial charge < -0.3 is 0 Å². The highest BCUT2D eigenvalue weighted by molar-refractivity contribution is 9.10. The van der Waals surface area contributed by atoms with Crippen molar-refractivity contribution in [2.24, 2.45) is 0 Å². The summed E-state index contributed by atoms with van der Waals surface area (Å²) in [7, 11) is 80.2. The molecule has 0 bridgehead atoms. The minimum absolute atomic E-state index is 0.250. The molecule has 0 aliphatic rings. The van der Waals surface area contributed by atoms with Gasteiger partial charge in [-0.25, -0.2) is 9.37 Å². The first-order chi connectivity index (χ1) is 33.7. The summed E-state index contributed by atoms with van der Waals surface area (Å²) >= 11 is 13.1. The van der Waals surface area contributed by atoms with Gasteiger partial charge in [0.05, 0.1) is 5.69 Å². The van der Waals surface area contributed by atoms with Crippen LogP contribution in [-0.4, -0.2) is 9.38 Å². The summed E-state index contributed by atoms with van der Waals surface area (Å²) in [5.74, 6) is -0.250. The lowest BCUT2D eigenvalue weighted by Gasteiger charge is -2.06. The number of nitrogens with zero attached hydrogens (tertiary/aromatic N) is 2. The van der Waals surface area contributed by atoms with E-state index in [1.165, 1.54) is 24.0 Å². The first-order valence-electron chi connectivity index (χ1n) is 14.2. The molecule has 0 fully saturated rings. The molecule has 0 spiro atoms. The second-order valence-electron chi connectivity index (χ2n) is 7.90. The van der Waals surface area contributed by atoms with Crippen LogP contribution in [0.5, 0.6) is 0 Å². The average Bonchev–Trinajstić information content (AvgIpc) is 3.70. The predicted molar refractivity (Wildman–Crippen MR) is 432 cm³/mol. The van der Waals surface area contributed by atoms with Gasteiger partial charge in [-0.3, -0.25) is 4.40 Å². The molecule has 0 amide bonds. The summed E-state index contributed by atoms with van der Waals surface area (Å²) in [6.07, 6.45) is 1.50. The third-order valence-corrected chi connectivity index (χ3v) is 103. The van der Waals surface area contributed by atoms with Gasteiger partial charge >= 0.3 is 0 Å². The average molecular weight is 1850 g/mol. The normalized spacial score (nSPS) is 8.85. The van der Waals surface area contributed by atoms with E-state index in [4.69, 9.17) is 22.4 Å². The number of fused-ring (bicyclic) bond motifs is 3. The Balaban J connectivity index is 0.000000473. The van der Waals surface area contributed by atoms with Crippen molar-refractivity contribution in [1.29, 1.82) is 0 Å². The van der Waals surface area contributed by atoms with Gasteiger partial charge in [0.25, 0.3) is 0 Å². The zero-order chi connectivity index (χ0) is 48.2. The summed E-state index contributed by atoms with van der Waals surface area (Å²) < 4.78 is 16.9. The smallest absolute Gasteiger partial charge is 0.147 e. The first-order valence-corrected chi connectivity index (χ1v) is 76.4. The van der Waals surface area contributed by atoms with E-state index in [2.05, 4.69) is 20.9 Å². The summed E-state index contributed by atoms with van der Waals surface area (Å²) in [5, 5.41) is 1.39. The third kappa shape index (κ3) is 37.3. The molecule has 2 aromatic heterocycles. The van der Waals surface area contributed by atoms with Crippen molar-refractivity contribution in [3.05, 3.63) is 71.2 Å². The lowest BCUT2D eigenvalue weighted by atomic mass is 10.1. The Hall–Kier alpha value is 8.14. The highest BCUT2D eigenvalue weighted by Gasteiger charge is 2.16. The molecule has 68 heavy (non-hydrogen) atoms. The maximum absolute atomic E-state index is 14.4. The molecule has 0 saturated carbocycles. The van der Waals surface area contributed by atoms with E-state index in [-0.39, 0.29) is 5.82 Å². The van der Waals surface area contributed by atoms with Gasteiger partial charge in [0.15, 0.2) is 0 Å². The Morgan fingerprint density at radius 3 is 0.882 bits per heavy atom. The molecule has 0 aliphatic heterocycles. The fraction of sp³-hybridized carbons (Fsp3) is 0. The maximum atomic E-state index is 14.4. The molecule has 4 aromatic rings. The van der Waals surface area contributed by atoms with Gasteiger partial charge in [0, 0.05) is 445 Å². The van der Waals surface area contributed by atoms with Gasteiger partial charge in [-0.05, 0) is 15.9 Å². The summed E-state index contributed by atoms with van der Waals surface area (Å²) in [5.41, 5.74) is 2.60. The fourth-order valence-electron chi connectivity index (χ4n) is 3.13. The van der Waals surface area contributed by atoms with Crippen molar-refractivity contribution in [2.75, 3.05) is 0 Å². The van der Waals surface area contributed by atoms with Crippen LogP contribution in [-0.2, 0) is 422 Å². The molecule has 4 rings (SSSR count). The summed E-state index contributed by atoms with van der Waals surface area (Å²) in [4.78, 5) is 4.57. The number of pyridine rings is 1. The number of halogens is 2. The van der Waals surface area contributed by atoms with E-state index < -0.39 is 0 Å². The van der Waals surface area contributed by atoms with Gasteiger partial charge in [-0.1, -0.05) is 54.6 Å². The highest BCUT2D eigenvalue weighted by Crippen LogP contribution is 2.32. The second kappa shape index (κ2) is 53.2. The van der Waals surface area contributed by atoms with Crippen LogP contribution in [0.4, 0.5) is 4.39 Å². The van der Waals surface area contributed by atoms with Gasteiger partial charge in [-0.15, -0.1) is 0 Å². The van der Waals surface area contributed by atoms with Crippen molar-refractivity contribution in [2.45, 2.75) is 0 Å². The Morgan fingerprint density at radius 2 is 0.603 bits per heavy atom. The van der Waals surface area contributed by atoms with E-state index in [1.54, 1.807) is 117 Å².